The minimum atomic E-state index is -0.989. The second kappa shape index (κ2) is 4.61. The quantitative estimate of drug-likeness (QED) is 0.570. The number of carboxylic acid groups (broad SMARTS) is 1. The highest BCUT2D eigenvalue weighted by atomic mass is 127. The van der Waals surface area contributed by atoms with Crippen LogP contribution in [0.4, 0.5) is 5.69 Å². The average molecular weight is 306 g/mol. The van der Waals surface area contributed by atoms with Crippen molar-refractivity contribution in [2.45, 2.75) is 12.5 Å². The lowest BCUT2D eigenvalue weighted by atomic mass is 10.1. The van der Waals surface area contributed by atoms with Gasteiger partial charge in [0.1, 0.15) is 6.04 Å². The summed E-state index contributed by atoms with van der Waals surface area (Å²) in [6.07, 6.45) is 0.325. The zero-order valence-corrected chi connectivity index (χ0v) is 9.56. The molecule has 0 amide bonds. The third-order valence-electron chi connectivity index (χ3n) is 1.84. The summed E-state index contributed by atoms with van der Waals surface area (Å²) in [7, 11) is 0. The van der Waals surface area contributed by atoms with Gasteiger partial charge in [0.05, 0.1) is 0 Å². The van der Waals surface area contributed by atoms with Gasteiger partial charge in [0.25, 0.3) is 0 Å². The van der Waals surface area contributed by atoms with Crippen molar-refractivity contribution in [3.8, 4) is 0 Å². The van der Waals surface area contributed by atoms with Gasteiger partial charge in [-0.3, -0.25) is 4.79 Å². The maximum atomic E-state index is 10.5. The number of nitrogens with two attached hydrogens (primary N) is 2. The van der Waals surface area contributed by atoms with Gasteiger partial charge < -0.3 is 16.6 Å². The summed E-state index contributed by atoms with van der Waals surface area (Å²) in [6.45, 7) is 0. The van der Waals surface area contributed by atoms with Gasteiger partial charge in [0.15, 0.2) is 0 Å². The van der Waals surface area contributed by atoms with Gasteiger partial charge in [0.2, 0.25) is 0 Å². The molecule has 1 atom stereocenters. The van der Waals surface area contributed by atoms with E-state index in [4.69, 9.17) is 16.6 Å². The van der Waals surface area contributed by atoms with Crippen LogP contribution < -0.4 is 11.5 Å². The molecule has 0 aromatic heterocycles. The molecule has 0 fully saturated rings. The molecule has 0 radical (unpaired) electrons. The molecule has 1 aromatic carbocycles. The molecule has 1 aromatic rings. The number of hydrogen-bond acceptors (Lipinski definition) is 3. The lowest BCUT2D eigenvalue weighted by molar-refractivity contribution is -0.138. The zero-order valence-electron chi connectivity index (χ0n) is 7.40. The molecule has 0 unspecified atom stereocenters. The highest BCUT2D eigenvalue weighted by Crippen LogP contribution is 2.16. The summed E-state index contributed by atoms with van der Waals surface area (Å²) in [5, 5.41) is 8.62. The first-order valence-electron chi connectivity index (χ1n) is 4.03. The SMILES string of the molecule is Nc1ccc(C[C@H](N)C(=O)O)cc1I. The molecule has 1 rings (SSSR count). The van der Waals surface area contributed by atoms with E-state index in [0.717, 1.165) is 9.13 Å². The van der Waals surface area contributed by atoms with Gasteiger partial charge in [0, 0.05) is 9.26 Å². The number of nitrogen functional groups attached to an aromatic ring is 1. The Balaban J connectivity index is 2.78. The van der Waals surface area contributed by atoms with E-state index in [-0.39, 0.29) is 0 Å². The van der Waals surface area contributed by atoms with Gasteiger partial charge in [-0.05, 0) is 46.7 Å². The Bertz CT molecular complexity index is 355. The molecule has 5 heteroatoms. The van der Waals surface area contributed by atoms with Crippen LogP contribution in [0.5, 0.6) is 0 Å². The largest absolute Gasteiger partial charge is 0.480 e. The van der Waals surface area contributed by atoms with Crippen LogP contribution in [0.15, 0.2) is 18.2 Å². The molecule has 0 spiro atoms. The van der Waals surface area contributed by atoms with Gasteiger partial charge >= 0.3 is 5.97 Å². The Morgan fingerprint density at radius 2 is 2.21 bits per heavy atom. The molecular weight excluding hydrogens is 295 g/mol. The van der Waals surface area contributed by atoms with E-state index in [1.165, 1.54) is 0 Å². The molecule has 0 aliphatic rings. The van der Waals surface area contributed by atoms with E-state index in [2.05, 4.69) is 22.6 Å². The van der Waals surface area contributed by atoms with Crippen LogP contribution in [0.1, 0.15) is 5.56 Å². The van der Waals surface area contributed by atoms with Crippen LogP contribution in [0.2, 0.25) is 0 Å². The van der Waals surface area contributed by atoms with Crippen LogP contribution in [0.25, 0.3) is 0 Å². The van der Waals surface area contributed by atoms with Crippen LogP contribution in [0.3, 0.4) is 0 Å². The number of hydrogen-bond donors (Lipinski definition) is 3. The van der Waals surface area contributed by atoms with Crippen LogP contribution in [0, 0.1) is 3.57 Å². The Hall–Kier alpha value is -0.820. The molecule has 0 bridgehead atoms. The third kappa shape index (κ3) is 2.85. The van der Waals surface area contributed by atoms with E-state index >= 15 is 0 Å². The summed E-state index contributed by atoms with van der Waals surface area (Å²) in [5.41, 5.74) is 12.6. The summed E-state index contributed by atoms with van der Waals surface area (Å²) < 4.78 is 0.915. The van der Waals surface area contributed by atoms with Gasteiger partial charge in [-0.2, -0.15) is 0 Å². The maximum absolute atomic E-state index is 10.5. The fraction of sp³-hybridized carbons (Fsp3) is 0.222. The number of aliphatic carboxylic acids is 1. The highest BCUT2D eigenvalue weighted by Gasteiger charge is 2.12. The van der Waals surface area contributed by atoms with Crippen LogP contribution in [-0.2, 0) is 11.2 Å². The molecule has 76 valence electrons. The number of carboxylic acids is 1. The van der Waals surface area contributed by atoms with E-state index in [9.17, 15) is 4.79 Å². The van der Waals surface area contributed by atoms with E-state index < -0.39 is 12.0 Å². The summed E-state index contributed by atoms with van der Waals surface area (Å²) in [6, 6.07) is 4.54. The smallest absolute Gasteiger partial charge is 0.320 e. The second-order valence-electron chi connectivity index (χ2n) is 3.00. The minimum Gasteiger partial charge on any atom is -0.480 e. The lowest BCUT2D eigenvalue weighted by Gasteiger charge is -2.07. The number of carbonyl (C=O) groups is 1. The topological polar surface area (TPSA) is 89.3 Å². The third-order valence-corrected chi connectivity index (χ3v) is 2.77. The lowest BCUT2D eigenvalue weighted by Crippen LogP contribution is -2.32. The van der Waals surface area contributed by atoms with Crippen molar-refractivity contribution in [3.05, 3.63) is 27.3 Å². The Labute approximate surface area is 95.4 Å². The monoisotopic (exact) mass is 306 g/mol. The summed E-state index contributed by atoms with van der Waals surface area (Å²) in [5.74, 6) is -0.989. The minimum absolute atomic E-state index is 0.325. The molecule has 4 nitrogen and oxygen atoms in total. The van der Waals surface area contributed by atoms with E-state index in [1.807, 2.05) is 6.07 Å². The summed E-state index contributed by atoms with van der Waals surface area (Å²) in [4.78, 5) is 10.5. The molecule has 0 saturated carbocycles. The first-order chi connectivity index (χ1) is 6.50. The van der Waals surface area contributed by atoms with Crippen molar-refractivity contribution < 1.29 is 9.90 Å². The average Bonchev–Trinajstić information content (AvgIpc) is 2.11. The second-order valence-corrected chi connectivity index (χ2v) is 4.17. The molecule has 0 heterocycles. The van der Waals surface area contributed by atoms with Crippen molar-refractivity contribution in [1.29, 1.82) is 0 Å². The number of anilines is 1. The molecule has 5 N–H and O–H groups in total. The molecule has 0 aliphatic carbocycles. The first kappa shape index (κ1) is 11.3. The maximum Gasteiger partial charge on any atom is 0.320 e. The normalized spacial score (nSPS) is 12.4. The fourth-order valence-corrected chi connectivity index (χ4v) is 1.62. The van der Waals surface area contributed by atoms with Crippen molar-refractivity contribution >= 4 is 34.2 Å². The Kier molecular flexibility index (Phi) is 3.70. The van der Waals surface area contributed by atoms with Gasteiger partial charge in [-0.25, -0.2) is 0 Å². The van der Waals surface area contributed by atoms with Crippen molar-refractivity contribution in [1.82, 2.24) is 0 Å². The fourth-order valence-electron chi connectivity index (χ4n) is 1.04. The highest BCUT2D eigenvalue weighted by molar-refractivity contribution is 14.1. The van der Waals surface area contributed by atoms with Gasteiger partial charge in [-0.15, -0.1) is 0 Å². The van der Waals surface area contributed by atoms with Gasteiger partial charge in [-0.1, -0.05) is 6.07 Å². The summed E-state index contributed by atoms with van der Waals surface area (Å²) >= 11 is 2.10. The van der Waals surface area contributed by atoms with E-state index in [0.29, 0.717) is 12.1 Å². The van der Waals surface area contributed by atoms with Crippen molar-refractivity contribution in [3.63, 3.8) is 0 Å². The number of rotatable bonds is 3. The Morgan fingerprint density at radius 1 is 1.57 bits per heavy atom. The predicted molar refractivity (Wildman–Crippen MR) is 62.9 cm³/mol. The number of halogens is 1. The molecule has 0 saturated heterocycles. The van der Waals surface area contributed by atoms with Crippen molar-refractivity contribution in [2.75, 3.05) is 5.73 Å². The standard InChI is InChI=1S/C9H11IN2O2/c10-6-3-5(1-2-7(6)11)4-8(12)9(13)14/h1-3,8H,4,11-12H2,(H,13,14)/t8-/m0/s1. The number of benzene rings is 1. The van der Waals surface area contributed by atoms with Crippen molar-refractivity contribution in [2.24, 2.45) is 5.73 Å². The van der Waals surface area contributed by atoms with Crippen LogP contribution in [-0.4, -0.2) is 17.1 Å². The first-order valence-corrected chi connectivity index (χ1v) is 5.11. The van der Waals surface area contributed by atoms with E-state index in [1.54, 1.807) is 12.1 Å². The zero-order chi connectivity index (χ0) is 10.7. The molecule has 0 aliphatic heterocycles. The predicted octanol–water partition coefficient (Wildman–Crippen LogP) is 0.828. The molecular formula is C9H11IN2O2. The Morgan fingerprint density at radius 3 is 2.71 bits per heavy atom. The molecule has 14 heavy (non-hydrogen) atoms. The van der Waals surface area contributed by atoms with Crippen LogP contribution >= 0.6 is 22.6 Å².